The van der Waals surface area contributed by atoms with Crippen molar-refractivity contribution >= 4 is 5.91 Å². The first-order chi connectivity index (χ1) is 13.1. The summed E-state index contributed by atoms with van der Waals surface area (Å²) in [6, 6.07) is 7.95. The van der Waals surface area contributed by atoms with Gasteiger partial charge in [-0.05, 0) is 43.7 Å². The van der Waals surface area contributed by atoms with E-state index in [0.29, 0.717) is 24.6 Å². The fourth-order valence-electron chi connectivity index (χ4n) is 4.05. The molecule has 2 aliphatic heterocycles. The van der Waals surface area contributed by atoms with Gasteiger partial charge in [-0.25, -0.2) is 4.98 Å². The number of fused-ring (bicyclic) bond motifs is 1. The van der Waals surface area contributed by atoms with Crippen LogP contribution in [0.3, 0.4) is 0 Å². The van der Waals surface area contributed by atoms with E-state index >= 15 is 0 Å². The smallest absolute Gasteiger partial charge is 0.256 e. The van der Waals surface area contributed by atoms with Crippen LogP contribution in [-0.4, -0.2) is 40.1 Å². The largest absolute Gasteiger partial charge is 0.492 e. The number of para-hydroxylation sites is 1. The number of carbonyl (C=O) groups is 1. The molecule has 0 aliphatic carbocycles. The second kappa shape index (κ2) is 7.55. The number of rotatable bonds is 3. The summed E-state index contributed by atoms with van der Waals surface area (Å²) in [4.78, 5) is 31.2. The number of ether oxygens (including phenoxy) is 1. The molecule has 1 fully saturated rings. The number of aryl methyl sites for hydroxylation is 1. The minimum absolute atomic E-state index is 0.0292. The highest BCUT2D eigenvalue weighted by Gasteiger charge is 2.31. The second-order valence-electron chi connectivity index (χ2n) is 7.62. The van der Waals surface area contributed by atoms with Gasteiger partial charge in [-0.15, -0.1) is 0 Å². The molecule has 1 atom stereocenters. The SMILES string of the molecule is Cc1cncn(CC2CCN(C(=O)C3COc4ccccc4C3)CC2)c1=O. The zero-order chi connectivity index (χ0) is 18.8. The molecule has 142 valence electrons. The number of aromatic nitrogens is 2. The van der Waals surface area contributed by atoms with Gasteiger partial charge in [-0.1, -0.05) is 18.2 Å². The number of hydrogen-bond acceptors (Lipinski definition) is 4. The Morgan fingerprint density at radius 2 is 2.04 bits per heavy atom. The highest BCUT2D eigenvalue weighted by Crippen LogP contribution is 2.29. The van der Waals surface area contributed by atoms with E-state index in [1.165, 1.54) is 0 Å². The van der Waals surface area contributed by atoms with Crippen LogP contribution in [-0.2, 0) is 17.8 Å². The molecule has 2 aliphatic rings. The van der Waals surface area contributed by atoms with Crippen LogP contribution in [0.4, 0.5) is 0 Å². The highest BCUT2D eigenvalue weighted by atomic mass is 16.5. The van der Waals surface area contributed by atoms with Crippen molar-refractivity contribution in [2.75, 3.05) is 19.7 Å². The van der Waals surface area contributed by atoms with Gasteiger partial charge in [0.2, 0.25) is 5.91 Å². The number of piperidine rings is 1. The van der Waals surface area contributed by atoms with Gasteiger partial charge in [-0.2, -0.15) is 0 Å². The quantitative estimate of drug-likeness (QED) is 0.833. The van der Waals surface area contributed by atoms with E-state index in [1.807, 2.05) is 29.2 Å². The van der Waals surface area contributed by atoms with Gasteiger partial charge in [0.1, 0.15) is 12.4 Å². The Hall–Kier alpha value is -2.63. The average molecular weight is 367 g/mol. The maximum absolute atomic E-state index is 12.9. The summed E-state index contributed by atoms with van der Waals surface area (Å²) in [7, 11) is 0. The summed E-state index contributed by atoms with van der Waals surface area (Å²) < 4.78 is 7.48. The van der Waals surface area contributed by atoms with E-state index in [-0.39, 0.29) is 17.4 Å². The Bertz CT molecular complexity index is 884. The predicted octanol–water partition coefficient (Wildman–Crippen LogP) is 2.04. The summed E-state index contributed by atoms with van der Waals surface area (Å²) in [5.41, 5.74) is 1.81. The zero-order valence-electron chi connectivity index (χ0n) is 15.6. The predicted molar refractivity (Wildman–Crippen MR) is 102 cm³/mol. The van der Waals surface area contributed by atoms with Crippen LogP contribution in [0.2, 0.25) is 0 Å². The molecule has 1 aromatic carbocycles. The number of benzene rings is 1. The first kappa shape index (κ1) is 17.8. The van der Waals surface area contributed by atoms with Gasteiger partial charge in [-0.3, -0.25) is 14.2 Å². The molecule has 0 N–H and O–H groups in total. The molecule has 4 rings (SSSR count). The number of carbonyl (C=O) groups excluding carboxylic acids is 1. The molecule has 1 aromatic heterocycles. The lowest BCUT2D eigenvalue weighted by Gasteiger charge is -2.35. The molecule has 6 heteroatoms. The fraction of sp³-hybridized carbons (Fsp3) is 0.476. The second-order valence-corrected chi connectivity index (χ2v) is 7.62. The number of hydrogen-bond donors (Lipinski definition) is 0. The molecule has 0 bridgehead atoms. The van der Waals surface area contributed by atoms with E-state index in [9.17, 15) is 9.59 Å². The van der Waals surface area contributed by atoms with E-state index < -0.39 is 0 Å². The normalized spacial score (nSPS) is 20.0. The van der Waals surface area contributed by atoms with Crippen molar-refractivity contribution in [3.05, 3.63) is 58.3 Å². The van der Waals surface area contributed by atoms with Crippen LogP contribution < -0.4 is 10.3 Å². The Balaban J connectivity index is 1.33. The molecule has 27 heavy (non-hydrogen) atoms. The Morgan fingerprint density at radius 3 is 2.85 bits per heavy atom. The minimum atomic E-state index is -0.0972. The van der Waals surface area contributed by atoms with Crippen LogP contribution in [0.15, 0.2) is 41.6 Å². The van der Waals surface area contributed by atoms with Crippen molar-refractivity contribution in [1.29, 1.82) is 0 Å². The average Bonchev–Trinajstić information content (AvgIpc) is 2.71. The lowest BCUT2D eigenvalue weighted by atomic mass is 9.92. The van der Waals surface area contributed by atoms with Gasteiger partial charge >= 0.3 is 0 Å². The van der Waals surface area contributed by atoms with Crippen LogP contribution in [0.25, 0.3) is 0 Å². The Morgan fingerprint density at radius 1 is 1.26 bits per heavy atom. The summed E-state index contributed by atoms with van der Waals surface area (Å²) in [6.07, 6.45) is 5.79. The molecule has 1 amide bonds. The van der Waals surface area contributed by atoms with Gasteiger partial charge in [0.15, 0.2) is 0 Å². The van der Waals surface area contributed by atoms with Crippen LogP contribution in [0.5, 0.6) is 5.75 Å². The van der Waals surface area contributed by atoms with Gasteiger partial charge < -0.3 is 9.64 Å². The van der Waals surface area contributed by atoms with Crippen molar-refractivity contribution in [3.63, 3.8) is 0 Å². The first-order valence-electron chi connectivity index (χ1n) is 9.62. The Labute approximate surface area is 158 Å². The standard InChI is InChI=1S/C21H25N3O3/c1-15-11-22-14-24(20(15)25)12-16-6-8-23(9-7-16)21(26)18-10-17-4-2-3-5-19(17)27-13-18/h2-5,11,14,16,18H,6-10,12-13H2,1H3. The molecule has 2 aromatic rings. The van der Waals surface area contributed by atoms with Crippen LogP contribution in [0, 0.1) is 18.8 Å². The third-order valence-corrected chi connectivity index (χ3v) is 5.68. The lowest BCUT2D eigenvalue weighted by Crippen LogP contribution is -2.45. The third-order valence-electron chi connectivity index (χ3n) is 5.68. The molecule has 1 saturated heterocycles. The van der Waals surface area contributed by atoms with Crippen molar-refractivity contribution in [1.82, 2.24) is 14.5 Å². The van der Waals surface area contributed by atoms with Gasteiger partial charge in [0.05, 0.1) is 12.2 Å². The number of likely N-dealkylation sites (tertiary alicyclic amines) is 1. The minimum Gasteiger partial charge on any atom is -0.492 e. The van der Waals surface area contributed by atoms with Gasteiger partial charge in [0, 0.05) is 31.4 Å². The monoisotopic (exact) mass is 367 g/mol. The van der Waals surface area contributed by atoms with E-state index in [2.05, 4.69) is 4.98 Å². The zero-order valence-corrected chi connectivity index (χ0v) is 15.6. The molecular weight excluding hydrogens is 342 g/mol. The first-order valence-corrected chi connectivity index (χ1v) is 9.62. The van der Waals surface area contributed by atoms with E-state index in [1.54, 1.807) is 24.0 Å². The third kappa shape index (κ3) is 3.75. The van der Waals surface area contributed by atoms with Crippen LogP contribution in [0.1, 0.15) is 24.0 Å². The highest BCUT2D eigenvalue weighted by molar-refractivity contribution is 5.80. The number of amides is 1. The molecule has 0 radical (unpaired) electrons. The van der Waals surface area contributed by atoms with Crippen LogP contribution >= 0.6 is 0 Å². The summed E-state index contributed by atoms with van der Waals surface area (Å²) >= 11 is 0. The van der Waals surface area contributed by atoms with Crippen molar-refractivity contribution < 1.29 is 9.53 Å². The summed E-state index contributed by atoms with van der Waals surface area (Å²) in [6.45, 7) is 4.42. The van der Waals surface area contributed by atoms with E-state index in [0.717, 1.165) is 43.7 Å². The summed E-state index contributed by atoms with van der Waals surface area (Å²) in [5, 5.41) is 0. The maximum Gasteiger partial charge on any atom is 0.256 e. The lowest BCUT2D eigenvalue weighted by molar-refractivity contribution is -0.138. The Kier molecular flexibility index (Phi) is 4.97. The van der Waals surface area contributed by atoms with E-state index in [4.69, 9.17) is 4.74 Å². The molecular formula is C21H25N3O3. The molecule has 0 spiro atoms. The maximum atomic E-state index is 12.9. The van der Waals surface area contributed by atoms with Gasteiger partial charge in [0.25, 0.3) is 5.56 Å². The fourth-order valence-corrected chi connectivity index (χ4v) is 4.05. The molecule has 1 unspecified atom stereocenters. The topological polar surface area (TPSA) is 64.4 Å². The van der Waals surface area contributed by atoms with Crippen molar-refractivity contribution in [2.24, 2.45) is 11.8 Å². The summed E-state index contributed by atoms with van der Waals surface area (Å²) in [5.74, 6) is 1.40. The number of nitrogens with zero attached hydrogens (tertiary/aromatic N) is 3. The van der Waals surface area contributed by atoms with Crippen molar-refractivity contribution in [2.45, 2.75) is 32.7 Å². The molecule has 6 nitrogen and oxygen atoms in total. The van der Waals surface area contributed by atoms with Crippen molar-refractivity contribution in [3.8, 4) is 5.75 Å². The molecule has 0 saturated carbocycles. The molecule has 3 heterocycles.